The Labute approximate surface area is 81.1 Å². The fraction of sp³-hybridized carbons (Fsp3) is 0.300. The average Bonchev–Trinajstić information content (AvgIpc) is 2.85. The average molecular weight is 197 g/mol. The van der Waals surface area contributed by atoms with Crippen LogP contribution < -0.4 is 0 Å². The molecule has 3 heteroatoms. The van der Waals surface area contributed by atoms with Crippen LogP contribution in [0.2, 0.25) is 5.02 Å². The fourth-order valence-corrected chi connectivity index (χ4v) is 1.67. The summed E-state index contributed by atoms with van der Waals surface area (Å²) >= 11 is 5.72. The van der Waals surface area contributed by atoms with Crippen molar-refractivity contribution < 1.29 is 9.90 Å². The first-order valence-electron chi connectivity index (χ1n) is 4.17. The van der Waals surface area contributed by atoms with Gasteiger partial charge in [-0.2, -0.15) is 0 Å². The Kier molecular flexibility index (Phi) is 2.00. The normalized spacial score (nSPS) is 25.6. The standard InChI is InChI=1S/C10H9ClO2/c11-7-3-1-6(2-4-7)8-5-9(8)10(12)13/h1-4,8-9H,5H2,(H,12,13)/t8-,9-/m1/s1. The van der Waals surface area contributed by atoms with Crippen molar-refractivity contribution in [2.45, 2.75) is 12.3 Å². The van der Waals surface area contributed by atoms with E-state index in [4.69, 9.17) is 16.7 Å². The molecule has 1 aromatic rings. The molecule has 1 aliphatic carbocycles. The maximum Gasteiger partial charge on any atom is 0.307 e. The smallest absolute Gasteiger partial charge is 0.307 e. The predicted octanol–water partition coefficient (Wildman–Crippen LogP) is 2.53. The molecule has 1 aromatic carbocycles. The highest BCUT2D eigenvalue weighted by Gasteiger charge is 2.43. The molecule has 0 radical (unpaired) electrons. The van der Waals surface area contributed by atoms with Gasteiger partial charge in [-0.1, -0.05) is 23.7 Å². The lowest BCUT2D eigenvalue weighted by Gasteiger charge is -1.97. The lowest BCUT2D eigenvalue weighted by molar-refractivity contribution is -0.138. The summed E-state index contributed by atoms with van der Waals surface area (Å²) in [6, 6.07) is 7.40. The van der Waals surface area contributed by atoms with Crippen molar-refractivity contribution in [2.75, 3.05) is 0 Å². The molecule has 68 valence electrons. The number of benzene rings is 1. The minimum atomic E-state index is -0.694. The van der Waals surface area contributed by atoms with E-state index in [9.17, 15) is 4.79 Å². The summed E-state index contributed by atoms with van der Waals surface area (Å²) in [4.78, 5) is 10.6. The first kappa shape index (κ1) is 8.57. The SMILES string of the molecule is O=C(O)[C@@H]1C[C@@H]1c1ccc(Cl)cc1. The van der Waals surface area contributed by atoms with Gasteiger partial charge in [0.05, 0.1) is 5.92 Å². The minimum absolute atomic E-state index is 0.179. The van der Waals surface area contributed by atoms with Crippen LogP contribution >= 0.6 is 11.6 Å². The zero-order valence-corrected chi connectivity index (χ0v) is 7.66. The second-order valence-corrected chi connectivity index (χ2v) is 3.77. The Morgan fingerprint density at radius 3 is 2.46 bits per heavy atom. The van der Waals surface area contributed by atoms with E-state index in [0.29, 0.717) is 5.02 Å². The number of aliphatic carboxylic acids is 1. The number of halogens is 1. The van der Waals surface area contributed by atoms with Crippen molar-refractivity contribution in [3.05, 3.63) is 34.9 Å². The van der Waals surface area contributed by atoms with Crippen LogP contribution in [-0.2, 0) is 4.79 Å². The van der Waals surface area contributed by atoms with Gasteiger partial charge >= 0.3 is 5.97 Å². The topological polar surface area (TPSA) is 37.3 Å². The Morgan fingerprint density at radius 2 is 2.00 bits per heavy atom. The Balaban J connectivity index is 2.12. The summed E-state index contributed by atoms with van der Waals surface area (Å²) in [5, 5.41) is 9.40. The highest BCUT2D eigenvalue weighted by atomic mass is 35.5. The van der Waals surface area contributed by atoms with E-state index in [1.54, 1.807) is 12.1 Å². The zero-order valence-electron chi connectivity index (χ0n) is 6.90. The predicted molar refractivity (Wildman–Crippen MR) is 49.9 cm³/mol. The molecule has 1 aliphatic rings. The molecule has 1 fully saturated rings. The highest BCUT2D eigenvalue weighted by Crippen LogP contribution is 2.47. The Morgan fingerprint density at radius 1 is 1.38 bits per heavy atom. The second kappa shape index (κ2) is 3.04. The number of carboxylic acids is 1. The molecule has 0 amide bonds. The van der Waals surface area contributed by atoms with Crippen molar-refractivity contribution >= 4 is 17.6 Å². The van der Waals surface area contributed by atoms with Gasteiger partial charge in [-0.05, 0) is 30.0 Å². The molecule has 2 atom stereocenters. The van der Waals surface area contributed by atoms with Crippen LogP contribution in [0.3, 0.4) is 0 Å². The summed E-state index contributed by atoms with van der Waals surface area (Å²) in [7, 11) is 0. The monoisotopic (exact) mass is 196 g/mol. The quantitative estimate of drug-likeness (QED) is 0.789. The van der Waals surface area contributed by atoms with Gasteiger partial charge in [-0.3, -0.25) is 4.79 Å². The summed E-state index contributed by atoms with van der Waals surface area (Å²) < 4.78 is 0. The van der Waals surface area contributed by atoms with Crippen molar-refractivity contribution in [1.82, 2.24) is 0 Å². The van der Waals surface area contributed by atoms with E-state index in [1.165, 1.54) is 0 Å². The Bertz CT molecular complexity index is 331. The van der Waals surface area contributed by atoms with Crippen LogP contribution in [0, 0.1) is 5.92 Å². The van der Waals surface area contributed by atoms with Gasteiger partial charge in [0.2, 0.25) is 0 Å². The number of hydrogen-bond acceptors (Lipinski definition) is 1. The molecule has 0 saturated heterocycles. The summed E-state index contributed by atoms with van der Waals surface area (Å²) in [6.45, 7) is 0. The van der Waals surface area contributed by atoms with Crippen molar-refractivity contribution in [2.24, 2.45) is 5.92 Å². The van der Waals surface area contributed by atoms with E-state index in [-0.39, 0.29) is 11.8 Å². The molecular weight excluding hydrogens is 188 g/mol. The first-order valence-corrected chi connectivity index (χ1v) is 4.54. The molecular formula is C10H9ClO2. The zero-order chi connectivity index (χ0) is 9.42. The van der Waals surface area contributed by atoms with Gasteiger partial charge in [0, 0.05) is 5.02 Å². The van der Waals surface area contributed by atoms with Gasteiger partial charge in [0.1, 0.15) is 0 Å². The molecule has 0 bridgehead atoms. The van der Waals surface area contributed by atoms with Gasteiger partial charge in [-0.15, -0.1) is 0 Å². The first-order chi connectivity index (χ1) is 6.18. The highest BCUT2D eigenvalue weighted by molar-refractivity contribution is 6.30. The van der Waals surface area contributed by atoms with Gasteiger partial charge < -0.3 is 5.11 Å². The molecule has 2 rings (SSSR count). The van der Waals surface area contributed by atoms with Gasteiger partial charge in [0.15, 0.2) is 0 Å². The summed E-state index contributed by atoms with van der Waals surface area (Å²) in [5.41, 5.74) is 1.08. The van der Waals surface area contributed by atoms with E-state index < -0.39 is 5.97 Å². The third-order valence-corrected chi connectivity index (χ3v) is 2.66. The van der Waals surface area contributed by atoms with E-state index in [1.807, 2.05) is 12.1 Å². The maximum atomic E-state index is 10.6. The molecule has 0 aromatic heterocycles. The van der Waals surface area contributed by atoms with Crippen LogP contribution in [0.5, 0.6) is 0 Å². The number of carbonyl (C=O) groups is 1. The second-order valence-electron chi connectivity index (χ2n) is 3.34. The van der Waals surface area contributed by atoms with Crippen LogP contribution in [0.15, 0.2) is 24.3 Å². The fourth-order valence-electron chi connectivity index (χ4n) is 1.55. The van der Waals surface area contributed by atoms with Crippen LogP contribution in [0.1, 0.15) is 17.9 Å². The molecule has 0 spiro atoms. The molecule has 0 heterocycles. The summed E-state index contributed by atoms with van der Waals surface area (Å²) in [6.07, 6.45) is 0.761. The maximum absolute atomic E-state index is 10.6. The molecule has 0 aliphatic heterocycles. The molecule has 0 unspecified atom stereocenters. The van der Waals surface area contributed by atoms with Crippen molar-refractivity contribution in [1.29, 1.82) is 0 Å². The van der Waals surface area contributed by atoms with Crippen LogP contribution in [0.4, 0.5) is 0 Å². The lowest BCUT2D eigenvalue weighted by Crippen LogP contribution is -1.98. The Hall–Kier alpha value is -1.02. The molecule has 13 heavy (non-hydrogen) atoms. The van der Waals surface area contributed by atoms with Crippen LogP contribution in [-0.4, -0.2) is 11.1 Å². The number of rotatable bonds is 2. The van der Waals surface area contributed by atoms with Crippen molar-refractivity contribution in [3.8, 4) is 0 Å². The van der Waals surface area contributed by atoms with E-state index >= 15 is 0 Å². The third kappa shape index (κ3) is 1.68. The molecule has 1 saturated carbocycles. The van der Waals surface area contributed by atoms with E-state index in [0.717, 1.165) is 12.0 Å². The third-order valence-electron chi connectivity index (χ3n) is 2.41. The van der Waals surface area contributed by atoms with E-state index in [2.05, 4.69) is 0 Å². The number of hydrogen-bond donors (Lipinski definition) is 1. The number of carboxylic acid groups (broad SMARTS) is 1. The molecule has 2 nitrogen and oxygen atoms in total. The largest absolute Gasteiger partial charge is 0.481 e. The lowest BCUT2D eigenvalue weighted by atomic mass is 10.1. The minimum Gasteiger partial charge on any atom is -0.481 e. The van der Waals surface area contributed by atoms with Crippen LogP contribution in [0.25, 0.3) is 0 Å². The summed E-state index contributed by atoms with van der Waals surface area (Å²) in [5.74, 6) is -0.670. The molecule has 1 N–H and O–H groups in total. The van der Waals surface area contributed by atoms with Gasteiger partial charge in [-0.25, -0.2) is 0 Å². The van der Waals surface area contributed by atoms with Crippen molar-refractivity contribution in [3.63, 3.8) is 0 Å². The van der Waals surface area contributed by atoms with Gasteiger partial charge in [0.25, 0.3) is 0 Å².